The van der Waals surface area contributed by atoms with Gasteiger partial charge in [-0.2, -0.15) is 0 Å². The van der Waals surface area contributed by atoms with Crippen LogP contribution in [-0.4, -0.2) is 29.4 Å². The maximum absolute atomic E-state index is 4.50. The molecule has 0 spiro atoms. The fraction of sp³-hybridized carbons (Fsp3) is 0.176. The van der Waals surface area contributed by atoms with Gasteiger partial charge in [0.2, 0.25) is 0 Å². The molecule has 0 fully saturated rings. The molecule has 0 saturated heterocycles. The molecule has 1 aliphatic rings. The van der Waals surface area contributed by atoms with E-state index >= 15 is 0 Å². The fourth-order valence-corrected chi connectivity index (χ4v) is 2.96. The molecule has 0 bridgehead atoms. The minimum atomic E-state index is 0.532. The van der Waals surface area contributed by atoms with Gasteiger partial charge in [-0.25, -0.2) is 5.01 Å². The second-order valence-electron chi connectivity index (χ2n) is 4.96. The Morgan fingerprint density at radius 2 is 2.17 bits per heavy atom. The lowest BCUT2D eigenvalue weighted by Crippen LogP contribution is -2.08. The van der Waals surface area contributed by atoms with Crippen LogP contribution in [0.4, 0.5) is 5.69 Å². The van der Waals surface area contributed by atoms with Gasteiger partial charge in [0.15, 0.2) is 0 Å². The highest BCUT2D eigenvalue weighted by atomic mass is 32.2. The van der Waals surface area contributed by atoms with Crippen LogP contribution in [0.15, 0.2) is 70.6 Å². The molecule has 1 aromatic carbocycles. The smallest absolute Gasteiger partial charge is 0.106 e. The van der Waals surface area contributed by atoms with Gasteiger partial charge < -0.3 is 0 Å². The maximum Gasteiger partial charge on any atom is 0.106 e. The predicted molar refractivity (Wildman–Crippen MR) is 96.8 cm³/mol. The van der Waals surface area contributed by atoms with Crippen LogP contribution >= 0.6 is 11.8 Å². The van der Waals surface area contributed by atoms with Crippen molar-refractivity contribution in [2.75, 3.05) is 24.4 Å². The summed E-state index contributed by atoms with van der Waals surface area (Å²) in [5.74, 6) is 1.05. The molecule has 0 atom stereocenters. The first kappa shape index (κ1) is 15.4. The zero-order valence-electron chi connectivity index (χ0n) is 12.9. The molecule has 6 heteroatoms. The van der Waals surface area contributed by atoms with E-state index in [4.69, 9.17) is 0 Å². The van der Waals surface area contributed by atoms with Crippen LogP contribution in [0.3, 0.4) is 0 Å². The molecule has 1 aliphatic heterocycles. The number of aliphatic imine (C=N–C) groups is 1. The largest absolute Gasteiger partial charge is 0.277 e. The number of hydrogen-bond donors (Lipinski definition) is 0. The van der Waals surface area contributed by atoms with Crippen molar-refractivity contribution >= 4 is 28.2 Å². The summed E-state index contributed by atoms with van der Waals surface area (Å²) < 4.78 is 0. The first-order valence-corrected chi connectivity index (χ1v) is 8.26. The molecule has 0 N–H and O–H groups in total. The van der Waals surface area contributed by atoms with E-state index in [0.29, 0.717) is 5.70 Å². The third-order valence-electron chi connectivity index (χ3n) is 3.31. The Labute approximate surface area is 139 Å². The van der Waals surface area contributed by atoms with E-state index < -0.39 is 0 Å². The monoisotopic (exact) mass is 323 g/mol. The SMILES string of the molecule is C=C(N=NN(C)c1cccc(C2=NCCS2)c1)c1ccccn1. The molecule has 2 aromatic rings. The molecule has 0 saturated carbocycles. The molecule has 3 rings (SSSR count). The molecule has 116 valence electrons. The molecule has 0 aliphatic carbocycles. The van der Waals surface area contributed by atoms with Crippen molar-refractivity contribution in [3.63, 3.8) is 0 Å². The van der Waals surface area contributed by atoms with Crippen LogP contribution in [-0.2, 0) is 0 Å². The third kappa shape index (κ3) is 3.84. The normalized spacial score (nSPS) is 14.0. The summed E-state index contributed by atoms with van der Waals surface area (Å²) >= 11 is 1.79. The van der Waals surface area contributed by atoms with E-state index in [1.165, 1.54) is 0 Å². The molecule has 0 amide bonds. The molecule has 2 heterocycles. The summed E-state index contributed by atoms with van der Waals surface area (Å²) in [5.41, 5.74) is 3.32. The van der Waals surface area contributed by atoms with Crippen molar-refractivity contribution in [2.45, 2.75) is 0 Å². The van der Waals surface area contributed by atoms with Gasteiger partial charge >= 0.3 is 0 Å². The van der Waals surface area contributed by atoms with Crippen LogP contribution in [0.2, 0.25) is 0 Å². The molecular formula is C17H17N5S. The Hall–Kier alpha value is -2.47. The summed E-state index contributed by atoms with van der Waals surface area (Å²) in [4.78, 5) is 8.71. The van der Waals surface area contributed by atoms with E-state index in [0.717, 1.165) is 34.3 Å². The number of aromatic nitrogens is 1. The van der Waals surface area contributed by atoms with Gasteiger partial charge in [0, 0.05) is 31.1 Å². The summed E-state index contributed by atoms with van der Waals surface area (Å²) in [6.07, 6.45) is 1.71. The van der Waals surface area contributed by atoms with Crippen LogP contribution in [0.1, 0.15) is 11.3 Å². The molecule has 0 unspecified atom stereocenters. The molecule has 23 heavy (non-hydrogen) atoms. The number of thioether (sulfide) groups is 1. The maximum atomic E-state index is 4.50. The van der Waals surface area contributed by atoms with E-state index in [1.807, 2.05) is 37.4 Å². The van der Waals surface area contributed by atoms with Crippen molar-refractivity contribution in [1.82, 2.24) is 4.98 Å². The van der Waals surface area contributed by atoms with Gasteiger partial charge in [-0.15, -0.1) is 16.9 Å². The highest BCUT2D eigenvalue weighted by molar-refractivity contribution is 8.14. The van der Waals surface area contributed by atoms with Gasteiger partial charge in [0.1, 0.15) is 5.70 Å². The van der Waals surface area contributed by atoms with Crippen molar-refractivity contribution in [3.05, 3.63) is 66.5 Å². The Morgan fingerprint density at radius 1 is 1.26 bits per heavy atom. The molecule has 1 aromatic heterocycles. The Bertz CT molecular complexity index is 755. The molecule has 5 nitrogen and oxygen atoms in total. The summed E-state index contributed by atoms with van der Waals surface area (Å²) in [6, 6.07) is 13.7. The fourth-order valence-electron chi connectivity index (χ4n) is 2.11. The zero-order chi connectivity index (χ0) is 16.1. The Balaban J connectivity index is 1.73. The summed E-state index contributed by atoms with van der Waals surface area (Å²) in [6.45, 7) is 4.79. The number of anilines is 1. The minimum Gasteiger partial charge on any atom is -0.277 e. The molecular weight excluding hydrogens is 306 g/mol. The number of benzene rings is 1. The Morgan fingerprint density at radius 3 is 2.91 bits per heavy atom. The van der Waals surface area contributed by atoms with E-state index in [2.05, 4.69) is 39.0 Å². The van der Waals surface area contributed by atoms with Gasteiger partial charge in [-0.05, 0) is 24.3 Å². The first-order chi connectivity index (χ1) is 11.2. The number of rotatable bonds is 5. The standard InChI is InChI=1S/C17H17N5S/c1-13(16-8-3-4-9-18-16)20-21-22(2)15-7-5-6-14(12-15)17-19-10-11-23-17/h3-9,12H,1,10-11H2,2H3. The van der Waals surface area contributed by atoms with E-state index in [-0.39, 0.29) is 0 Å². The van der Waals surface area contributed by atoms with Gasteiger partial charge in [-0.1, -0.05) is 30.0 Å². The van der Waals surface area contributed by atoms with Crippen LogP contribution in [0.25, 0.3) is 5.70 Å². The first-order valence-electron chi connectivity index (χ1n) is 7.27. The van der Waals surface area contributed by atoms with Gasteiger partial charge in [0.25, 0.3) is 0 Å². The van der Waals surface area contributed by atoms with Gasteiger partial charge in [-0.3, -0.25) is 9.98 Å². The van der Waals surface area contributed by atoms with Crippen LogP contribution in [0, 0.1) is 0 Å². The van der Waals surface area contributed by atoms with Crippen LogP contribution in [0.5, 0.6) is 0 Å². The lowest BCUT2D eigenvalue weighted by Gasteiger charge is -2.12. The number of hydrogen-bond acceptors (Lipinski definition) is 5. The van der Waals surface area contributed by atoms with Gasteiger partial charge in [0.05, 0.1) is 16.4 Å². The lowest BCUT2D eigenvalue weighted by molar-refractivity contribution is 0.924. The quantitative estimate of drug-likeness (QED) is 0.616. The second-order valence-corrected chi connectivity index (χ2v) is 6.04. The van der Waals surface area contributed by atoms with Crippen molar-refractivity contribution < 1.29 is 0 Å². The highest BCUT2D eigenvalue weighted by Gasteiger charge is 2.11. The summed E-state index contributed by atoms with van der Waals surface area (Å²) in [5, 5.41) is 11.2. The minimum absolute atomic E-state index is 0.532. The van der Waals surface area contributed by atoms with Crippen molar-refractivity contribution in [2.24, 2.45) is 15.3 Å². The average molecular weight is 323 g/mol. The molecule has 0 radical (unpaired) electrons. The third-order valence-corrected chi connectivity index (χ3v) is 4.34. The van der Waals surface area contributed by atoms with E-state index in [1.54, 1.807) is 23.0 Å². The number of pyridine rings is 1. The van der Waals surface area contributed by atoms with E-state index in [9.17, 15) is 0 Å². The summed E-state index contributed by atoms with van der Waals surface area (Å²) in [7, 11) is 1.86. The highest BCUT2D eigenvalue weighted by Crippen LogP contribution is 2.23. The Kier molecular flexibility index (Phi) is 4.83. The topological polar surface area (TPSA) is 53.2 Å². The predicted octanol–water partition coefficient (Wildman–Crippen LogP) is 4.05. The zero-order valence-corrected chi connectivity index (χ0v) is 13.7. The lowest BCUT2D eigenvalue weighted by atomic mass is 10.2. The van der Waals surface area contributed by atoms with Crippen molar-refractivity contribution in [1.29, 1.82) is 0 Å². The second kappa shape index (κ2) is 7.19. The number of nitrogens with zero attached hydrogens (tertiary/aromatic N) is 5. The van der Waals surface area contributed by atoms with Crippen LogP contribution < -0.4 is 5.01 Å². The average Bonchev–Trinajstić information content (AvgIpc) is 3.15. The van der Waals surface area contributed by atoms with Crippen molar-refractivity contribution in [3.8, 4) is 0 Å².